The lowest BCUT2D eigenvalue weighted by atomic mass is 10.1. The van der Waals surface area contributed by atoms with Crippen LogP contribution >= 0.6 is 0 Å². The molecule has 1 rings (SSSR count). The fraction of sp³-hybridized carbons (Fsp3) is 0.500. The molecule has 1 N–H and O–H groups in total. The zero-order chi connectivity index (χ0) is 13.5. The minimum absolute atomic E-state index is 0.0636. The number of nitrogens with zero attached hydrogens (tertiary/aromatic N) is 1. The molecule has 100 valence electrons. The van der Waals surface area contributed by atoms with Crippen molar-refractivity contribution in [2.75, 3.05) is 14.2 Å². The van der Waals surface area contributed by atoms with Gasteiger partial charge in [0.05, 0.1) is 13.5 Å². The molecule has 1 atom stereocenters. The third-order valence-electron chi connectivity index (χ3n) is 3.07. The molecule has 0 aromatic heterocycles. The van der Waals surface area contributed by atoms with Crippen LogP contribution in [0.5, 0.6) is 5.75 Å². The normalized spacial score (nSPS) is 12.4. The molecule has 0 spiro atoms. The molecular weight excluding hydrogens is 230 g/mol. The molecule has 0 heterocycles. The van der Waals surface area contributed by atoms with Crippen LogP contribution in [0, 0.1) is 0 Å². The predicted octanol–water partition coefficient (Wildman–Crippen LogP) is 2.38. The van der Waals surface area contributed by atoms with Crippen molar-refractivity contribution in [3.05, 3.63) is 29.8 Å². The molecule has 0 saturated carbocycles. The Kier molecular flexibility index (Phi) is 5.65. The smallest absolute Gasteiger partial charge is 0.304 e. The maximum absolute atomic E-state index is 10.8. The van der Waals surface area contributed by atoms with E-state index in [-0.39, 0.29) is 12.5 Å². The zero-order valence-electron chi connectivity index (χ0n) is 11.2. The summed E-state index contributed by atoms with van der Waals surface area (Å²) in [6.07, 6.45) is 1.00. The summed E-state index contributed by atoms with van der Waals surface area (Å²) < 4.78 is 5.18. The first-order valence-corrected chi connectivity index (χ1v) is 6.11. The van der Waals surface area contributed by atoms with Crippen molar-refractivity contribution in [3.63, 3.8) is 0 Å². The van der Waals surface area contributed by atoms with Crippen molar-refractivity contribution in [1.29, 1.82) is 0 Å². The van der Waals surface area contributed by atoms with Gasteiger partial charge in [-0.3, -0.25) is 9.69 Å². The van der Waals surface area contributed by atoms with Crippen molar-refractivity contribution in [1.82, 2.24) is 4.90 Å². The van der Waals surface area contributed by atoms with Crippen molar-refractivity contribution < 1.29 is 14.6 Å². The van der Waals surface area contributed by atoms with Gasteiger partial charge in [-0.05, 0) is 31.2 Å². The lowest BCUT2D eigenvalue weighted by molar-refractivity contribution is -0.138. The summed E-state index contributed by atoms with van der Waals surface area (Å²) in [5.41, 5.74) is 1.13. The Bertz CT molecular complexity index is 392. The SMILES string of the molecule is CCC(CC(=O)O)N(C)Cc1cccc(OC)c1. The molecule has 4 nitrogen and oxygen atoms in total. The Morgan fingerprint density at radius 2 is 2.22 bits per heavy atom. The largest absolute Gasteiger partial charge is 0.497 e. The van der Waals surface area contributed by atoms with E-state index in [0.29, 0.717) is 0 Å². The second-order valence-electron chi connectivity index (χ2n) is 4.43. The van der Waals surface area contributed by atoms with Gasteiger partial charge in [0.1, 0.15) is 5.75 Å². The van der Waals surface area contributed by atoms with Gasteiger partial charge in [0.25, 0.3) is 0 Å². The van der Waals surface area contributed by atoms with E-state index in [4.69, 9.17) is 9.84 Å². The van der Waals surface area contributed by atoms with Gasteiger partial charge >= 0.3 is 5.97 Å². The number of ether oxygens (including phenoxy) is 1. The zero-order valence-corrected chi connectivity index (χ0v) is 11.2. The number of carboxylic acids is 1. The van der Waals surface area contributed by atoms with Crippen LogP contribution in [0.25, 0.3) is 0 Å². The monoisotopic (exact) mass is 251 g/mol. The van der Waals surface area contributed by atoms with Gasteiger partial charge in [-0.2, -0.15) is 0 Å². The van der Waals surface area contributed by atoms with Gasteiger partial charge in [-0.1, -0.05) is 19.1 Å². The third-order valence-corrected chi connectivity index (χ3v) is 3.07. The van der Waals surface area contributed by atoms with E-state index in [2.05, 4.69) is 4.90 Å². The molecule has 18 heavy (non-hydrogen) atoms. The Hall–Kier alpha value is -1.55. The highest BCUT2D eigenvalue weighted by Gasteiger charge is 2.16. The number of carboxylic acid groups (broad SMARTS) is 1. The van der Waals surface area contributed by atoms with E-state index >= 15 is 0 Å². The Morgan fingerprint density at radius 3 is 2.78 bits per heavy atom. The Labute approximate surface area is 108 Å². The number of methoxy groups -OCH3 is 1. The van der Waals surface area contributed by atoms with Crippen molar-refractivity contribution in [2.45, 2.75) is 32.4 Å². The molecule has 0 fully saturated rings. The number of aliphatic carboxylic acids is 1. The average Bonchev–Trinajstić information content (AvgIpc) is 2.35. The molecule has 0 aliphatic heterocycles. The van der Waals surface area contributed by atoms with Gasteiger partial charge in [-0.25, -0.2) is 0 Å². The standard InChI is InChI=1S/C14H21NO3/c1-4-12(9-14(16)17)15(2)10-11-6-5-7-13(8-11)18-3/h5-8,12H,4,9-10H2,1-3H3,(H,16,17). The van der Waals surface area contributed by atoms with Crippen molar-refractivity contribution >= 4 is 5.97 Å². The summed E-state index contributed by atoms with van der Waals surface area (Å²) in [6, 6.07) is 7.91. The molecule has 4 heteroatoms. The van der Waals surface area contributed by atoms with E-state index in [1.807, 2.05) is 38.2 Å². The van der Waals surface area contributed by atoms with E-state index < -0.39 is 5.97 Å². The Morgan fingerprint density at radius 1 is 1.50 bits per heavy atom. The summed E-state index contributed by atoms with van der Waals surface area (Å²) in [5.74, 6) is 0.0755. The van der Waals surface area contributed by atoms with Crippen molar-refractivity contribution in [3.8, 4) is 5.75 Å². The predicted molar refractivity (Wildman–Crippen MR) is 70.8 cm³/mol. The molecule has 0 aliphatic rings. The number of rotatable bonds is 7. The van der Waals surface area contributed by atoms with Crippen molar-refractivity contribution in [2.24, 2.45) is 0 Å². The van der Waals surface area contributed by atoms with E-state index in [1.54, 1.807) is 7.11 Å². The molecule has 1 unspecified atom stereocenters. The fourth-order valence-corrected chi connectivity index (χ4v) is 2.00. The second-order valence-corrected chi connectivity index (χ2v) is 4.43. The van der Waals surface area contributed by atoms with Gasteiger partial charge in [0.15, 0.2) is 0 Å². The highest BCUT2D eigenvalue weighted by Crippen LogP contribution is 2.16. The van der Waals surface area contributed by atoms with Crippen LogP contribution in [0.4, 0.5) is 0 Å². The highest BCUT2D eigenvalue weighted by atomic mass is 16.5. The molecule has 0 radical (unpaired) electrons. The van der Waals surface area contributed by atoms with Crippen LogP contribution in [0.15, 0.2) is 24.3 Å². The average molecular weight is 251 g/mol. The molecular formula is C14H21NO3. The minimum Gasteiger partial charge on any atom is -0.497 e. The van der Waals surface area contributed by atoms with Crippen LogP contribution in [0.1, 0.15) is 25.3 Å². The lowest BCUT2D eigenvalue weighted by Crippen LogP contribution is -2.32. The van der Waals surface area contributed by atoms with Crippen LogP contribution in [-0.4, -0.2) is 36.2 Å². The molecule has 1 aromatic carbocycles. The maximum Gasteiger partial charge on any atom is 0.304 e. The van der Waals surface area contributed by atoms with Gasteiger partial charge < -0.3 is 9.84 Å². The molecule has 1 aromatic rings. The summed E-state index contributed by atoms with van der Waals surface area (Å²) >= 11 is 0. The molecule has 0 saturated heterocycles. The molecule has 0 amide bonds. The van der Waals surface area contributed by atoms with Crippen LogP contribution in [-0.2, 0) is 11.3 Å². The van der Waals surface area contributed by atoms with E-state index in [1.165, 1.54) is 0 Å². The topological polar surface area (TPSA) is 49.8 Å². The summed E-state index contributed by atoms with van der Waals surface area (Å²) in [6.45, 7) is 2.73. The molecule has 0 aliphatic carbocycles. The number of hydrogen-bond acceptors (Lipinski definition) is 3. The second kappa shape index (κ2) is 7.01. The number of carbonyl (C=O) groups is 1. The van der Waals surface area contributed by atoms with Crippen LogP contribution in [0.3, 0.4) is 0 Å². The first kappa shape index (κ1) is 14.5. The van der Waals surface area contributed by atoms with Gasteiger partial charge in [0.2, 0.25) is 0 Å². The van der Waals surface area contributed by atoms with Crippen LogP contribution < -0.4 is 4.74 Å². The highest BCUT2D eigenvalue weighted by molar-refractivity contribution is 5.67. The first-order chi connectivity index (χ1) is 8.56. The quantitative estimate of drug-likeness (QED) is 0.808. The lowest BCUT2D eigenvalue weighted by Gasteiger charge is -2.26. The third kappa shape index (κ3) is 4.37. The van der Waals surface area contributed by atoms with Gasteiger partial charge in [-0.15, -0.1) is 0 Å². The first-order valence-electron chi connectivity index (χ1n) is 6.11. The van der Waals surface area contributed by atoms with Gasteiger partial charge in [0, 0.05) is 12.6 Å². The summed E-state index contributed by atoms with van der Waals surface area (Å²) in [5, 5.41) is 8.87. The number of hydrogen-bond donors (Lipinski definition) is 1. The van der Waals surface area contributed by atoms with E-state index in [9.17, 15) is 4.79 Å². The summed E-state index contributed by atoms with van der Waals surface area (Å²) in [7, 11) is 3.60. The maximum atomic E-state index is 10.8. The fourth-order valence-electron chi connectivity index (χ4n) is 2.00. The van der Waals surface area contributed by atoms with Crippen LogP contribution in [0.2, 0.25) is 0 Å². The molecule has 0 bridgehead atoms. The summed E-state index contributed by atoms with van der Waals surface area (Å²) in [4.78, 5) is 12.9. The minimum atomic E-state index is -0.751. The van der Waals surface area contributed by atoms with E-state index in [0.717, 1.165) is 24.3 Å². The Balaban J connectivity index is 2.66. The number of benzene rings is 1.